The smallest absolute Gasteiger partial charge is 0.280 e. The molecule has 2 amide bonds. The van der Waals surface area contributed by atoms with Crippen LogP contribution in [0.25, 0.3) is 0 Å². The third-order valence-electron chi connectivity index (χ3n) is 6.21. The third kappa shape index (κ3) is 4.97. The summed E-state index contributed by atoms with van der Waals surface area (Å²) in [5.74, 6) is -0.680. The Morgan fingerprint density at radius 1 is 0.971 bits per heavy atom. The van der Waals surface area contributed by atoms with Gasteiger partial charge in [-0.05, 0) is 72.1 Å². The van der Waals surface area contributed by atoms with Gasteiger partial charge in [-0.2, -0.15) is 0 Å². The van der Waals surface area contributed by atoms with Crippen LogP contribution in [0.2, 0.25) is 0 Å². The Hall–Kier alpha value is -3.91. The number of hydrogen-bond acceptors (Lipinski definition) is 6. The first-order chi connectivity index (χ1) is 17.2. The van der Waals surface area contributed by atoms with Gasteiger partial charge >= 0.3 is 0 Å². The van der Waals surface area contributed by atoms with Gasteiger partial charge in [-0.1, -0.05) is 53.0 Å². The quantitative estimate of drug-likeness (QED) is 0.418. The fourth-order valence-electron chi connectivity index (χ4n) is 4.54. The number of carbonyl (C=O) groups excluding carboxylic acids is 2. The minimum absolute atomic E-state index is 0.209. The molecule has 35 heavy (non-hydrogen) atoms. The number of fused-ring (bicyclic) bond motifs is 1. The zero-order chi connectivity index (χ0) is 24.0. The number of aryl methyl sites for hydroxylation is 1. The van der Waals surface area contributed by atoms with Gasteiger partial charge in [0.05, 0.1) is 5.69 Å². The molecule has 1 atom stereocenters. The van der Waals surface area contributed by atoms with Gasteiger partial charge in [0, 0.05) is 23.8 Å². The number of benzene rings is 2. The highest BCUT2D eigenvalue weighted by molar-refractivity contribution is 7.03. The van der Waals surface area contributed by atoms with E-state index in [9.17, 15) is 9.59 Å². The van der Waals surface area contributed by atoms with E-state index in [1.54, 1.807) is 28.6 Å². The van der Waals surface area contributed by atoms with Crippen LogP contribution in [0.15, 0.2) is 78.3 Å². The topological polar surface area (TPSA) is 88.1 Å². The molecule has 0 aliphatic heterocycles. The van der Waals surface area contributed by atoms with Crippen LogP contribution in [0, 0.1) is 0 Å². The van der Waals surface area contributed by atoms with E-state index < -0.39 is 6.04 Å². The molecule has 0 saturated carbocycles. The van der Waals surface area contributed by atoms with Crippen LogP contribution in [0.1, 0.15) is 51.8 Å². The normalized spacial score (nSPS) is 13.5. The van der Waals surface area contributed by atoms with Crippen LogP contribution in [-0.4, -0.2) is 26.4 Å². The number of carbonyl (C=O) groups is 2. The number of rotatable bonds is 7. The molecule has 2 heterocycles. The summed E-state index contributed by atoms with van der Waals surface area (Å²) in [5.41, 5.74) is 4.72. The largest absolute Gasteiger partial charge is 0.350 e. The summed E-state index contributed by atoms with van der Waals surface area (Å²) in [5, 5.41) is 8.66. The molecule has 0 bridgehead atoms. The van der Waals surface area contributed by atoms with Crippen molar-refractivity contribution < 1.29 is 9.59 Å². The van der Waals surface area contributed by atoms with Gasteiger partial charge in [-0.3, -0.25) is 19.5 Å². The molecule has 1 aliphatic carbocycles. The van der Waals surface area contributed by atoms with E-state index in [1.807, 2.05) is 48.5 Å². The first-order valence-electron chi connectivity index (χ1n) is 11.7. The second-order valence-electron chi connectivity index (χ2n) is 8.45. The highest BCUT2D eigenvalue weighted by atomic mass is 32.1. The fourth-order valence-corrected chi connectivity index (χ4v) is 4.97. The zero-order valence-corrected chi connectivity index (χ0v) is 19.9. The molecule has 0 radical (unpaired) electrons. The maximum absolute atomic E-state index is 13.9. The van der Waals surface area contributed by atoms with E-state index in [2.05, 4.69) is 26.0 Å². The van der Waals surface area contributed by atoms with Gasteiger partial charge in [-0.25, -0.2) is 0 Å². The van der Waals surface area contributed by atoms with Crippen molar-refractivity contribution in [2.75, 3.05) is 4.90 Å². The van der Waals surface area contributed by atoms with Crippen LogP contribution >= 0.6 is 11.5 Å². The molecule has 1 aliphatic rings. The van der Waals surface area contributed by atoms with E-state index in [1.165, 1.54) is 5.56 Å². The number of aromatic nitrogens is 3. The van der Waals surface area contributed by atoms with Crippen molar-refractivity contribution >= 4 is 29.0 Å². The molecule has 7 nitrogen and oxygen atoms in total. The summed E-state index contributed by atoms with van der Waals surface area (Å²) in [4.78, 5) is 33.8. The molecule has 8 heteroatoms. The summed E-state index contributed by atoms with van der Waals surface area (Å²) >= 11 is 1.11. The lowest BCUT2D eigenvalue weighted by molar-refractivity contribution is -0.122. The Morgan fingerprint density at radius 2 is 1.80 bits per heavy atom. The number of hydrogen-bond donors (Lipinski definition) is 1. The van der Waals surface area contributed by atoms with Crippen LogP contribution in [0.4, 0.5) is 5.69 Å². The second kappa shape index (κ2) is 10.6. The number of pyridine rings is 1. The van der Waals surface area contributed by atoms with Crippen LogP contribution < -0.4 is 10.2 Å². The molecule has 2 aromatic carbocycles. The number of amides is 2. The van der Waals surface area contributed by atoms with Gasteiger partial charge in [0.1, 0.15) is 0 Å². The van der Waals surface area contributed by atoms with Crippen molar-refractivity contribution in [1.29, 1.82) is 0 Å². The minimum atomic E-state index is -0.970. The van der Waals surface area contributed by atoms with Gasteiger partial charge in [0.2, 0.25) is 5.91 Å². The molecule has 2 aromatic heterocycles. The van der Waals surface area contributed by atoms with Crippen molar-refractivity contribution in [3.05, 3.63) is 106 Å². The van der Waals surface area contributed by atoms with Crippen LogP contribution in [0.5, 0.6) is 0 Å². The van der Waals surface area contributed by atoms with Gasteiger partial charge in [0.15, 0.2) is 11.7 Å². The Morgan fingerprint density at radius 3 is 2.57 bits per heavy atom. The molecular weight excluding hydrogens is 458 g/mol. The van der Waals surface area contributed by atoms with Crippen molar-refractivity contribution in [3.8, 4) is 0 Å². The standard InChI is InChI=1S/C27H25N5O2S/c33-26(29-17-19-9-2-1-3-10-19)25(22-14-6-7-16-28-22)32(27(34)23-18-35-31-30-23)24-15-8-12-20-11-4-5-13-21(20)24/h1-3,6-10,12,14-16,18,25H,4-5,11,13,17H2,(H,29,33)/t25-/m0/s1. The maximum atomic E-state index is 13.9. The molecule has 4 aromatic rings. The second-order valence-corrected chi connectivity index (χ2v) is 9.06. The molecule has 5 rings (SSSR count). The van der Waals surface area contributed by atoms with Gasteiger partial charge < -0.3 is 5.32 Å². The van der Waals surface area contributed by atoms with E-state index in [-0.39, 0.29) is 17.5 Å². The Labute approximate surface area is 208 Å². The molecule has 0 fully saturated rings. The zero-order valence-electron chi connectivity index (χ0n) is 19.1. The van der Waals surface area contributed by atoms with Crippen molar-refractivity contribution in [2.24, 2.45) is 0 Å². The Bertz CT molecular complexity index is 1300. The van der Waals surface area contributed by atoms with Crippen molar-refractivity contribution in [3.63, 3.8) is 0 Å². The predicted molar refractivity (Wildman–Crippen MR) is 135 cm³/mol. The summed E-state index contributed by atoms with van der Waals surface area (Å²) in [6.07, 6.45) is 5.60. The molecule has 0 unspecified atom stereocenters. The van der Waals surface area contributed by atoms with E-state index >= 15 is 0 Å². The van der Waals surface area contributed by atoms with E-state index in [0.717, 1.165) is 54.0 Å². The number of nitrogens with zero attached hydrogens (tertiary/aromatic N) is 4. The Kier molecular flexibility index (Phi) is 6.90. The minimum Gasteiger partial charge on any atom is -0.350 e. The molecule has 0 spiro atoms. The highest BCUT2D eigenvalue weighted by Gasteiger charge is 2.37. The van der Waals surface area contributed by atoms with E-state index in [0.29, 0.717) is 12.2 Å². The average Bonchev–Trinajstić information content (AvgIpc) is 3.46. The molecule has 0 saturated heterocycles. The summed E-state index contributed by atoms with van der Waals surface area (Å²) in [6, 6.07) is 20.1. The lowest BCUT2D eigenvalue weighted by atomic mass is 9.89. The fraction of sp³-hybridized carbons (Fsp3) is 0.222. The van der Waals surface area contributed by atoms with Crippen LogP contribution in [0.3, 0.4) is 0 Å². The maximum Gasteiger partial charge on any atom is 0.280 e. The first-order valence-corrected chi connectivity index (χ1v) is 12.5. The van der Waals surface area contributed by atoms with Crippen molar-refractivity contribution in [1.82, 2.24) is 19.9 Å². The summed E-state index contributed by atoms with van der Waals surface area (Å²) in [7, 11) is 0. The van der Waals surface area contributed by atoms with Gasteiger partial charge in [0.25, 0.3) is 5.91 Å². The molecule has 1 N–H and O–H groups in total. The number of nitrogens with one attached hydrogen (secondary N) is 1. The SMILES string of the molecule is O=C(NCc1ccccc1)[C@H](c1ccccn1)N(C(=O)c1csnn1)c1cccc2c1CCCC2. The van der Waals surface area contributed by atoms with E-state index in [4.69, 9.17) is 0 Å². The Balaban J connectivity index is 1.60. The molecule has 176 valence electrons. The predicted octanol–water partition coefficient (Wildman–Crippen LogP) is 4.52. The summed E-state index contributed by atoms with van der Waals surface area (Å²) in [6.45, 7) is 0.343. The lowest BCUT2D eigenvalue weighted by Gasteiger charge is -2.33. The third-order valence-corrected chi connectivity index (χ3v) is 6.72. The monoisotopic (exact) mass is 483 g/mol. The number of anilines is 1. The first kappa shape index (κ1) is 22.9. The van der Waals surface area contributed by atoms with Gasteiger partial charge in [-0.15, -0.1) is 5.10 Å². The van der Waals surface area contributed by atoms with Crippen molar-refractivity contribution in [2.45, 2.75) is 38.3 Å². The highest BCUT2D eigenvalue weighted by Crippen LogP contribution is 2.36. The average molecular weight is 484 g/mol. The van der Waals surface area contributed by atoms with Crippen LogP contribution in [-0.2, 0) is 24.2 Å². The molecular formula is C27H25N5O2S. The lowest BCUT2D eigenvalue weighted by Crippen LogP contribution is -2.45. The summed E-state index contributed by atoms with van der Waals surface area (Å²) < 4.78 is 3.89.